The van der Waals surface area contributed by atoms with Crippen molar-refractivity contribution < 1.29 is 8.42 Å². The van der Waals surface area contributed by atoms with E-state index in [1.807, 2.05) is 25.1 Å². The van der Waals surface area contributed by atoms with Crippen molar-refractivity contribution in [2.45, 2.75) is 11.8 Å². The molecule has 4 N–H and O–H groups in total. The van der Waals surface area contributed by atoms with Gasteiger partial charge in [0.15, 0.2) is 0 Å². The Bertz CT molecular complexity index is 776. The lowest BCUT2D eigenvalue weighted by molar-refractivity contribution is 0.588. The minimum atomic E-state index is -3.54. The average molecular weight is 370 g/mol. The maximum atomic E-state index is 11.8. The third kappa shape index (κ3) is 3.55. The van der Waals surface area contributed by atoms with Gasteiger partial charge in [-0.2, -0.15) is 0 Å². The molecule has 2 rings (SSSR count). The van der Waals surface area contributed by atoms with Crippen LogP contribution in [0.4, 0.5) is 17.1 Å². The molecule has 0 heterocycles. The van der Waals surface area contributed by atoms with Crippen molar-refractivity contribution in [1.82, 2.24) is 4.72 Å². The summed E-state index contributed by atoms with van der Waals surface area (Å²) in [5.74, 6) is 0. The van der Waals surface area contributed by atoms with Gasteiger partial charge in [0.25, 0.3) is 0 Å². The van der Waals surface area contributed by atoms with Gasteiger partial charge in [-0.3, -0.25) is 0 Å². The van der Waals surface area contributed by atoms with Crippen LogP contribution in [0, 0.1) is 6.92 Å². The number of aryl methyl sites for hydroxylation is 1. The molecule has 0 spiro atoms. The van der Waals surface area contributed by atoms with Gasteiger partial charge in [0.1, 0.15) is 4.90 Å². The summed E-state index contributed by atoms with van der Waals surface area (Å²) in [4.78, 5) is 0.0723. The van der Waals surface area contributed by atoms with Crippen LogP contribution in [0.25, 0.3) is 0 Å². The molecular weight excluding hydrogens is 354 g/mol. The normalized spacial score (nSPS) is 11.4. The molecule has 0 aliphatic heterocycles. The molecule has 5 nitrogen and oxygen atoms in total. The lowest BCUT2D eigenvalue weighted by atomic mass is 10.2. The predicted molar refractivity (Wildman–Crippen MR) is 89.3 cm³/mol. The smallest absolute Gasteiger partial charge is 0.242 e. The summed E-state index contributed by atoms with van der Waals surface area (Å²) >= 11 is 3.41. The lowest BCUT2D eigenvalue weighted by Gasteiger charge is -2.12. The Morgan fingerprint density at radius 3 is 2.43 bits per heavy atom. The van der Waals surface area contributed by atoms with Gasteiger partial charge >= 0.3 is 0 Å². The Morgan fingerprint density at radius 2 is 1.86 bits per heavy atom. The molecule has 2 aromatic carbocycles. The number of benzene rings is 2. The van der Waals surface area contributed by atoms with Crippen LogP contribution >= 0.6 is 15.9 Å². The van der Waals surface area contributed by atoms with Crippen LogP contribution < -0.4 is 15.8 Å². The number of nitrogens with one attached hydrogen (secondary N) is 2. The van der Waals surface area contributed by atoms with Crippen molar-refractivity contribution in [2.75, 3.05) is 18.1 Å². The van der Waals surface area contributed by atoms with E-state index in [-0.39, 0.29) is 10.6 Å². The van der Waals surface area contributed by atoms with Crippen LogP contribution in [0.3, 0.4) is 0 Å². The molecule has 0 unspecified atom stereocenters. The Hall–Kier alpha value is -1.57. The van der Waals surface area contributed by atoms with Crippen molar-refractivity contribution in [3.8, 4) is 0 Å². The SMILES string of the molecule is CNS(=O)(=O)c1ccc(Nc2ccc(Br)cc2C)cc1N. The summed E-state index contributed by atoms with van der Waals surface area (Å²) in [5.41, 5.74) is 8.76. The van der Waals surface area contributed by atoms with E-state index in [1.165, 1.54) is 13.1 Å². The zero-order valence-corrected chi connectivity index (χ0v) is 14.0. The minimum absolute atomic E-state index is 0.0723. The van der Waals surface area contributed by atoms with Crippen LogP contribution in [0.2, 0.25) is 0 Å². The molecule has 0 saturated carbocycles. The number of halogens is 1. The Kier molecular flexibility index (Phi) is 4.55. The van der Waals surface area contributed by atoms with Crippen LogP contribution in [0.5, 0.6) is 0 Å². The minimum Gasteiger partial charge on any atom is -0.398 e. The fraction of sp³-hybridized carbons (Fsp3) is 0.143. The summed E-state index contributed by atoms with van der Waals surface area (Å²) in [6.45, 7) is 1.98. The van der Waals surface area contributed by atoms with E-state index in [1.54, 1.807) is 12.1 Å². The number of sulfonamides is 1. The van der Waals surface area contributed by atoms with Gasteiger partial charge < -0.3 is 11.1 Å². The number of anilines is 3. The molecule has 0 saturated heterocycles. The molecule has 0 radical (unpaired) electrons. The van der Waals surface area contributed by atoms with Gasteiger partial charge in [0, 0.05) is 15.8 Å². The quantitative estimate of drug-likeness (QED) is 0.723. The second-order valence-electron chi connectivity index (χ2n) is 4.54. The average Bonchev–Trinajstić information content (AvgIpc) is 2.42. The number of rotatable bonds is 4. The monoisotopic (exact) mass is 369 g/mol. The highest BCUT2D eigenvalue weighted by molar-refractivity contribution is 9.10. The molecule has 112 valence electrons. The van der Waals surface area contributed by atoms with Crippen molar-refractivity contribution in [3.63, 3.8) is 0 Å². The zero-order valence-electron chi connectivity index (χ0n) is 11.6. The Morgan fingerprint density at radius 1 is 1.14 bits per heavy atom. The molecule has 0 amide bonds. The summed E-state index contributed by atoms with van der Waals surface area (Å²) in [7, 11) is -2.19. The van der Waals surface area contributed by atoms with Crippen molar-refractivity contribution in [2.24, 2.45) is 0 Å². The molecule has 0 aromatic heterocycles. The molecule has 0 aliphatic carbocycles. The first-order valence-corrected chi connectivity index (χ1v) is 8.47. The molecule has 0 aliphatic rings. The number of nitrogens with two attached hydrogens (primary N) is 1. The van der Waals surface area contributed by atoms with Crippen LogP contribution in [0.1, 0.15) is 5.56 Å². The van der Waals surface area contributed by atoms with Gasteiger partial charge in [0.2, 0.25) is 10.0 Å². The Labute approximate surface area is 132 Å². The third-order valence-electron chi connectivity index (χ3n) is 3.04. The van der Waals surface area contributed by atoms with Gasteiger partial charge in [-0.1, -0.05) is 15.9 Å². The molecular formula is C14H16BrN3O2S. The first kappa shape index (κ1) is 15.8. The second-order valence-corrected chi connectivity index (χ2v) is 7.32. The molecule has 2 aromatic rings. The van der Waals surface area contributed by atoms with Crippen molar-refractivity contribution >= 4 is 43.0 Å². The maximum absolute atomic E-state index is 11.8. The molecule has 0 atom stereocenters. The number of nitrogen functional groups attached to an aromatic ring is 1. The topological polar surface area (TPSA) is 84.2 Å². The summed E-state index contributed by atoms with van der Waals surface area (Å²) in [6, 6.07) is 10.6. The van der Waals surface area contributed by atoms with Gasteiger partial charge in [-0.05, 0) is 55.9 Å². The van der Waals surface area contributed by atoms with Gasteiger partial charge in [-0.25, -0.2) is 13.1 Å². The van der Waals surface area contributed by atoms with E-state index in [0.29, 0.717) is 0 Å². The summed E-state index contributed by atoms with van der Waals surface area (Å²) < 4.78 is 26.8. The standard InChI is InChI=1S/C14H16BrN3O2S/c1-9-7-10(15)3-5-13(9)18-11-4-6-14(12(16)8-11)21(19,20)17-2/h3-8,17-18H,16H2,1-2H3. The van der Waals surface area contributed by atoms with E-state index >= 15 is 0 Å². The highest BCUT2D eigenvalue weighted by atomic mass is 79.9. The molecule has 7 heteroatoms. The third-order valence-corrected chi connectivity index (χ3v) is 5.02. The highest BCUT2D eigenvalue weighted by Crippen LogP contribution is 2.27. The Balaban J connectivity index is 2.33. The van der Waals surface area contributed by atoms with E-state index in [2.05, 4.69) is 26.0 Å². The fourth-order valence-electron chi connectivity index (χ4n) is 1.90. The zero-order chi connectivity index (χ0) is 15.6. The molecule has 0 fully saturated rings. The number of hydrogen-bond donors (Lipinski definition) is 3. The maximum Gasteiger partial charge on any atom is 0.242 e. The second kappa shape index (κ2) is 6.05. The highest BCUT2D eigenvalue weighted by Gasteiger charge is 2.15. The number of hydrogen-bond acceptors (Lipinski definition) is 4. The van der Waals surface area contributed by atoms with E-state index in [0.717, 1.165) is 21.4 Å². The van der Waals surface area contributed by atoms with Crippen molar-refractivity contribution in [3.05, 3.63) is 46.4 Å². The van der Waals surface area contributed by atoms with E-state index < -0.39 is 10.0 Å². The van der Waals surface area contributed by atoms with Crippen LogP contribution in [-0.4, -0.2) is 15.5 Å². The summed E-state index contributed by atoms with van der Waals surface area (Å²) in [5, 5.41) is 3.22. The first-order valence-electron chi connectivity index (χ1n) is 6.20. The van der Waals surface area contributed by atoms with E-state index in [4.69, 9.17) is 5.73 Å². The largest absolute Gasteiger partial charge is 0.398 e. The predicted octanol–water partition coefficient (Wildman–Crippen LogP) is 2.99. The summed E-state index contributed by atoms with van der Waals surface area (Å²) in [6.07, 6.45) is 0. The van der Waals surface area contributed by atoms with Gasteiger partial charge in [0.05, 0.1) is 5.69 Å². The van der Waals surface area contributed by atoms with E-state index in [9.17, 15) is 8.42 Å². The fourth-order valence-corrected chi connectivity index (χ4v) is 3.22. The van der Waals surface area contributed by atoms with Gasteiger partial charge in [-0.15, -0.1) is 0 Å². The first-order chi connectivity index (χ1) is 9.83. The van der Waals surface area contributed by atoms with Crippen LogP contribution in [-0.2, 0) is 10.0 Å². The van der Waals surface area contributed by atoms with Crippen molar-refractivity contribution in [1.29, 1.82) is 0 Å². The molecule has 0 bridgehead atoms. The van der Waals surface area contributed by atoms with Crippen LogP contribution in [0.15, 0.2) is 45.8 Å². The lowest BCUT2D eigenvalue weighted by Crippen LogP contribution is -2.19. The molecule has 21 heavy (non-hydrogen) atoms.